The van der Waals surface area contributed by atoms with Gasteiger partial charge in [0.1, 0.15) is 30.5 Å². The fourth-order valence-corrected chi connectivity index (χ4v) is 6.79. The van der Waals surface area contributed by atoms with Crippen molar-refractivity contribution >= 4 is 16.4 Å². The predicted molar refractivity (Wildman–Crippen MR) is 234 cm³/mol. The van der Waals surface area contributed by atoms with Gasteiger partial charge in [-0.1, -0.05) is 164 Å². The average molecular weight is 855 g/mol. The number of rotatable bonds is 37. The lowest BCUT2D eigenvalue weighted by atomic mass is 9.99. The van der Waals surface area contributed by atoms with Crippen molar-refractivity contribution in [1.29, 1.82) is 0 Å². The number of allylic oxidation sites excluding steroid dienone is 12. The van der Waals surface area contributed by atoms with Crippen LogP contribution in [0.3, 0.4) is 0 Å². The van der Waals surface area contributed by atoms with Crippen molar-refractivity contribution in [1.82, 2.24) is 0 Å². The summed E-state index contributed by atoms with van der Waals surface area (Å²) >= 11 is 0. The van der Waals surface area contributed by atoms with E-state index < -0.39 is 59.8 Å². The molecule has 1 rings (SSSR count). The van der Waals surface area contributed by atoms with E-state index in [0.717, 1.165) is 57.8 Å². The van der Waals surface area contributed by atoms with E-state index in [1.54, 1.807) is 0 Å². The van der Waals surface area contributed by atoms with Crippen LogP contribution >= 0.6 is 0 Å². The summed E-state index contributed by atoms with van der Waals surface area (Å²) in [5.74, 6) is -0.482. The molecule has 0 aromatic rings. The molecule has 0 bridgehead atoms. The normalized spacial score (nSPS) is 21.1. The Kier molecular flexibility index (Phi) is 34.5. The Morgan fingerprint density at radius 1 is 0.661 bits per heavy atom. The molecule has 0 saturated carbocycles. The van der Waals surface area contributed by atoms with Gasteiger partial charge in [-0.05, 0) is 51.4 Å². The summed E-state index contributed by atoms with van der Waals surface area (Å²) in [6, 6.07) is 0. The van der Waals surface area contributed by atoms with Crippen molar-refractivity contribution in [2.45, 2.75) is 185 Å². The molecule has 1 aliphatic heterocycles. The van der Waals surface area contributed by atoms with Crippen LogP contribution in [0.15, 0.2) is 72.9 Å². The zero-order chi connectivity index (χ0) is 43.2. The fourth-order valence-electron chi connectivity index (χ4n) is 6.29. The summed E-state index contributed by atoms with van der Waals surface area (Å²) in [5, 5.41) is 30.6. The Labute approximate surface area is 356 Å². The summed E-state index contributed by atoms with van der Waals surface area (Å²) in [5.41, 5.74) is 0. The van der Waals surface area contributed by atoms with Gasteiger partial charge in [-0.15, -0.1) is 0 Å². The number of aliphatic hydroxyl groups excluding tert-OH is 3. The third-order valence-corrected chi connectivity index (χ3v) is 10.1. The van der Waals surface area contributed by atoms with Crippen LogP contribution in [-0.4, -0.2) is 97.5 Å². The van der Waals surface area contributed by atoms with Gasteiger partial charge in [-0.2, -0.15) is 8.42 Å². The first kappa shape index (κ1) is 54.6. The van der Waals surface area contributed by atoms with Crippen LogP contribution in [0.2, 0.25) is 0 Å². The summed E-state index contributed by atoms with van der Waals surface area (Å²) in [6.07, 6.45) is 38.1. The molecule has 6 atom stereocenters. The lowest BCUT2D eigenvalue weighted by molar-refractivity contribution is -0.301. The van der Waals surface area contributed by atoms with E-state index in [-0.39, 0.29) is 19.6 Å². The van der Waals surface area contributed by atoms with Crippen LogP contribution in [0.4, 0.5) is 0 Å². The number of hydrogen-bond donors (Lipinski definition) is 4. The second-order valence-corrected chi connectivity index (χ2v) is 16.0. The molecular weight excluding hydrogens is 777 g/mol. The molecule has 1 fully saturated rings. The van der Waals surface area contributed by atoms with Crippen LogP contribution in [0.5, 0.6) is 0 Å². The van der Waals surface area contributed by atoms with Gasteiger partial charge in [-0.3, -0.25) is 9.35 Å². The molecule has 0 amide bonds. The summed E-state index contributed by atoms with van der Waals surface area (Å²) in [4.78, 5) is 12.8. The standard InChI is InChI=1S/C46H78O12S/c1-3-5-7-9-11-13-15-17-18-19-20-21-22-23-25-27-29-31-33-35-42(48)56-40(38-54-36-34-32-30-28-26-24-16-14-12-10-8-6-4-2)39-55-46-44(50)45(58-59(51,52)53)43(49)41(37-47)57-46/h5,7,11,13,17-18,20-21,23,25,29,31,40-41,43-47,49-50H,3-4,6,8-10,12,14-16,19,22,24,26-28,30,32-39H2,1-2H3,(H,51,52,53)/b7-5-,13-11-,18-17-,21-20-,25-23-,31-29-. The highest BCUT2D eigenvalue weighted by Crippen LogP contribution is 2.26. The average Bonchev–Trinajstić information content (AvgIpc) is 3.20. The quantitative estimate of drug-likeness (QED) is 0.0202. The van der Waals surface area contributed by atoms with Crippen molar-refractivity contribution in [3.05, 3.63) is 72.9 Å². The highest BCUT2D eigenvalue weighted by atomic mass is 32.3. The predicted octanol–water partition coefficient (Wildman–Crippen LogP) is 9.13. The van der Waals surface area contributed by atoms with Crippen LogP contribution < -0.4 is 0 Å². The Hall–Kier alpha value is -2.46. The minimum Gasteiger partial charge on any atom is -0.457 e. The third kappa shape index (κ3) is 31.1. The Morgan fingerprint density at radius 2 is 1.14 bits per heavy atom. The fraction of sp³-hybridized carbons (Fsp3) is 0.717. The number of aliphatic hydroxyl groups is 3. The lowest BCUT2D eigenvalue weighted by Gasteiger charge is -2.41. The maximum absolute atomic E-state index is 12.8. The Balaban J connectivity index is 2.51. The molecule has 1 heterocycles. The molecule has 0 aliphatic carbocycles. The first-order chi connectivity index (χ1) is 28.6. The largest absolute Gasteiger partial charge is 0.457 e. The van der Waals surface area contributed by atoms with Crippen molar-refractivity contribution < 1.29 is 56.2 Å². The molecule has 340 valence electrons. The number of ether oxygens (including phenoxy) is 4. The number of carbonyl (C=O) groups excluding carboxylic acids is 1. The van der Waals surface area contributed by atoms with Gasteiger partial charge in [0, 0.05) is 13.0 Å². The monoisotopic (exact) mass is 855 g/mol. The van der Waals surface area contributed by atoms with E-state index in [1.165, 1.54) is 64.2 Å². The maximum Gasteiger partial charge on any atom is 0.397 e. The molecule has 0 radical (unpaired) electrons. The molecular formula is C46H78O12S. The second-order valence-electron chi connectivity index (χ2n) is 14.9. The summed E-state index contributed by atoms with van der Waals surface area (Å²) in [7, 11) is -5.07. The summed E-state index contributed by atoms with van der Waals surface area (Å²) < 4.78 is 58.9. The number of unbranched alkanes of at least 4 members (excludes halogenated alkanes) is 12. The third-order valence-electron chi connectivity index (χ3n) is 9.61. The summed E-state index contributed by atoms with van der Waals surface area (Å²) in [6.45, 7) is 3.77. The molecule has 0 aromatic carbocycles. The number of carbonyl (C=O) groups is 1. The molecule has 1 aliphatic rings. The van der Waals surface area contributed by atoms with E-state index in [9.17, 15) is 28.5 Å². The van der Waals surface area contributed by atoms with E-state index in [1.807, 2.05) is 12.2 Å². The van der Waals surface area contributed by atoms with E-state index >= 15 is 0 Å². The van der Waals surface area contributed by atoms with E-state index in [2.05, 4.69) is 78.8 Å². The van der Waals surface area contributed by atoms with Crippen LogP contribution in [0.25, 0.3) is 0 Å². The van der Waals surface area contributed by atoms with Crippen molar-refractivity contribution in [2.24, 2.45) is 0 Å². The SMILES string of the molecule is CC/C=C\C/C=C\C/C=C\C/C=C\C/C=C\C/C=C\CCC(=O)OC(COCCCCCCCCCCCCCCC)COC1OC(CO)C(O)C(OS(=O)(=O)O)C1O. The molecule has 0 aromatic heterocycles. The minimum absolute atomic E-state index is 0.00369. The van der Waals surface area contributed by atoms with Gasteiger partial charge in [0.25, 0.3) is 0 Å². The van der Waals surface area contributed by atoms with Crippen LogP contribution in [0.1, 0.15) is 149 Å². The highest BCUT2D eigenvalue weighted by Gasteiger charge is 2.48. The van der Waals surface area contributed by atoms with Gasteiger partial charge in [0.2, 0.25) is 0 Å². The minimum atomic E-state index is -5.07. The maximum atomic E-state index is 12.8. The first-order valence-electron chi connectivity index (χ1n) is 22.2. The van der Waals surface area contributed by atoms with Gasteiger partial charge in [0.15, 0.2) is 6.29 Å². The van der Waals surface area contributed by atoms with Gasteiger partial charge in [-0.25, -0.2) is 4.18 Å². The Morgan fingerprint density at radius 3 is 1.61 bits per heavy atom. The molecule has 4 N–H and O–H groups in total. The second kappa shape index (κ2) is 37.3. The van der Waals surface area contributed by atoms with Crippen molar-refractivity contribution in [3.8, 4) is 0 Å². The van der Waals surface area contributed by atoms with Gasteiger partial charge < -0.3 is 34.3 Å². The van der Waals surface area contributed by atoms with E-state index in [0.29, 0.717) is 13.0 Å². The molecule has 6 unspecified atom stereocenters. The van der Waals surface area contributed by atoms with Crippen LogP contribution in [-0.2, 0) is 38.3 Å². The molecule has 13 heteroatoms. The molecule has 59 heavy (non-hydrogen) atoms. The number of hydrogen-bond acceptors (Lipinski definition) is 11. The zero-order valence-electron chi connectivity index (χ0n) is 36.0. The number of esters is 1. The van der Waals surface area contributed by atoms with Gasteiger partial charge >= 0.3 is 16.4 Å². The topological polar surface area (TPSA) is 178 Å². The van der Waals surface area contributed by atoms with Crippen molar-refractivity contribution in [3.63, 3.8) is 0 Å². The highest BCUT2D eigenvalue weighted by molar-refractivity contribution is 7.80. The Bertz CT molecular complexity index is 1310. The zero-order valence-corrected chi connectivity index (χ0v) is 36.8. The molecule has 12 nitrogen and oxygen atoms in total. The van der Waals surface area contributed by atoms with E-state index in [4.69, 9.17) is 23.5 Å². The van der Waals surface area contributed by atoms with Gasteiger partial charge in [0.05, 0.1) is 19.8 Å². The molecule has 0 spiro atoms. The molecule has 1 saturated heterocycles. The first-order valence-corrected chi connectivity index (χ1v) is 23.6. The lowest BCUT2D eigenvalue weighted by Crippen LogP contribution is -2.60. The van der Waals surface area contributed by atoms with Crippen molar-refractivity contribution in [2.75, 3.05) is 26.4 Å². The smallest absolute Gasteiger partial charge is 0.397 e. The van der Waals surface area contributed by atoms with Crippen LogP contribution in [0, 0.1) is 0 Å².